The van der Waals surface area contributed by atoms with E-state index in [9.17, 15) is 8.42 Å². The third-order valence-electron chi connectivity index (χ3n) is 2.61. The molecule has 0 aliphatic rings. The van der Waals surface area contributed by atoms with Crippen molar-refractivity contribution in [3.63, 3.8) is 0 Å². The normalized spacial score (nSPS) is 11.5. The van der Waals surface area contributed by atoms with Gasteiger partial charge in [0.15, 0.2) is 5.03 Å². The number of anilines is 2. The summed E-state index contributed by atoms with van der Waals surface area (Å²) in [6, 6.07) is 1.51. The maximum Gasteiger partial charge on any atom is 0.282 e. The molecule has 19 heavy (non-hydrogen) atoms. The average molecular weight is 302 g/mol. The molecule has 0 bridgehead atoms. The van der Waals surface area contributed by atoms with E-state index in [1.807, 2.05) is 0 Å². The zero-order chi connectivity index (χ0) is 14.2. The summed E-state index contributed by atoms with van der Waals surface area (Å²) >= 11 is 5.87. The Morgan fingerprint density at radius 3 is 2.63 bits per heavy atom. The van der Waals surface area contributed by atoms with Gasteiger partial charge in [0.2, 0.25) is 0 Å². The van der Waals surface area contributed by atoms with Crippen molar-refractivity contribution in [3.05, 3.63) is 29.7 Å². The van der Waals surface area contributed by atoms with Crippen molar-refractivity contribution in [2.24, 2.45) is 7.05 Å². The average Bonchev–Trinajstić information content (AvgIpc) is 2.69. The van der Waals surface area contributed by atoms with Crippen LogP contribution in [0, 0.1) is 0 Å². The van der Waals surface area contributed by atoms with E-state index in [0.717, 1.165) is 4.31 Å². The van der Waals surface area contributed by atoms with Crippen molar-refractivity contribution in [3.8, 4) is 0 Å². The molecular weight excluding hydrogens is 290 g/mol. The van der Waals surface area contributed by atoms with Gasteiger partial charge in [0.1, 0.15) is 0 Å². The van der Waals surface area contributed by atoms with Gasteiger partial charge in [-0.25, -0.2) is 0 Å². The summed E-state index contributed by atoms with van der Waals surface area (Å²) in [5, 5.41) is 3.78. The number of halogens is 1. The van der Waals surface area contributed by atoms with E-state index < -0.39 is 10.0 Å². The van der Waals surface area contributed by atoms with Gasteiger partial charge in [-0.15, -0.1) is 0 Å². The van der Waals surface area contributed by atoms with Crippen molar-refractivity contribution in [2.75, 3.05) is 17.1 Å². The summed E-state index contributed by atoms with van der Waals surface area (Å²) in [6.07, 6.45) is 4.12. The van der Waals surface area contributed by atoms with Crippen LogP contribution in [0.2, 0.25) is 5.02 Å². The number of hydrogen-bond acceptors (Lipinski definition) is 5. The standard InChI is InChI=1S/C10H12ClN5O2S/c1-15-10(7(11)5-14-15)19(17,18)16(2)9-3-4-13-6-8(9)12/h3-6H,12H2,1-2H3. The predicted molar refractivity (Wildman–Crippen MR) is 72.5 cm³/mol. The van der Waals surface area contributed by atoms with E-state index in [1.54, 1.807) is 0 Å². The highest BCUT2D eigenvalue weighted by Crippen LogP contribution is 2.29. The molecule has 0 radical (unpaired) electrons. The van der Waals surface area contributed by atoms with Crippen LogP contribution in [0.1, 0.15) is 0 Å². The molecule has 0 fully saturated rings. The molecule has 7 nitrogen and oxygen atoms in total. The largest absolute Gasteiger partial charge is 0.396 e. The summed E-state index contributed by atoms with van der Waals surface area (Å²) in [7, 11) is -0.943. The molecule has 102 valence electrons. The van der Waals surface area contributed by atoms with Gasteiger partial charge < -0.3 is 5.73 Å². The Labute approximate surface area is 115 Å². The number of aryl methyl sites for hydroxylation is 1. The number of nitrogens with two attached hydrogens (primary N) is 1. The monoisotopic (exact) mass is 301 g/mol. The van der Waals surface area contributed by atoms with Gasteiger partial charge in [-0.2, -0.15) is 13.5 Å². The third kappa shape index (κ3) is 2.24. The summed E-state index contributed by atoms with van der Waals surface area (Å²) in [5.74, 6) is 0. The summed E-state index contributed by atoms with van der Waals surface area (Å²) < 4.78 is 27.2. The minimum atomic E-state index is -3.84. The van der Waals surface area contributed by atoms with Gasteiger partial charge in [-0.3, -0.25) is 14.0 Å². The van der Waals surface area contributed by atoms with Gasteiger partial charge in [0, 0.05) is 20.3 Å². The van der Waals surface area contributed by atoms with Crippen LogP contribution in [0.3, 0.4) is 0 Å². The maximum atomic E-state index is 12.5. The van der Waals surface area contributed by atoms with E-state index >= 15 is 0 Å². The number of aromatic nitrogens is 3. The molecule has 0 spiro atoms. The molecule has 0 saturated carbocycles. The second-order valence-corrected chi connectivity index (χ2v) is 6.12. The first-order valence-electron chi connectivity index (χ1n) is 5.21. The molecule has 2 rings (SSSR count). The van der Waals surface area contributed by atoms with Crippen LogP contribution in [-0.2, 0) is 17.1 Å². The maximum absolute atomic E-state index is 12.5. The molecule has 2 N–H and O–H groups in total. The van der Waals surface area contributed by atoms with Crippen molar-refractivity contribution in [1.82, 2.24) is 14.8 Å². The highest BCUT2D eigenvalue weighted by Gasteiger charge is 2.28. The van der Waals surface area contributed by atoms with Gasteiger partial charge in [0.25, 0.3) is 10.0 Å². The number of pyridine rings is 1. The van der Waals surface area contributed by atoms with E-state index in [1.165, 1.54) is 43.4 Å². The van der Waals surface area contributed by atoms with Crippen LogP contribution in [0.25, 0.3) is 0 Å². The lowest BCUT2D eigenvalue weighted by molar-refractivity contribution is 0.575. The van der Waals surface area contributed by atoms with Gasteiger partial charge in [-0.05, 0) is 6.07 Å². The van der Waals surface area contributed by atoms with Crippen molar-refractivity contribution in [1.29, 1.82) is 0 Å². The fraction of sp³-hybridized carbons (Fsp3) is 0.200. The number of rotatable bonds is 3. The zero-order valence-electron chi connectivity index (χ0n) is 10.3. The second kappa shape index (κ2) is 4.71. The van der Waals surface area contributed by atoms with Gasteiger partial charge in [0.05, 0.1) is 28.8 Å². The first-order chi connectivity index (χ1) is 8.85. The zero-order valence-corrected chi connectivity index (χ0v) is 11.9. The van der Waals surface area contributed by atoms with Crippen LogP contribution in [0.15, 0.2) is 29.7 Å². The molecule has 0 saturated heterocycles. The number of nitrogen functional groups attached to an aromatic ring is 1. The Morgan fingerprint density at radius 1 is 1.42 bits per heavy atom. The molecule has 0 amide bonds. The number of nitrogens with zero attached hydrogens (tertiary/aromatic N) is 4. The Balaban J connectivity index is 2.55. The first kappa shape index (κ1) is 13.6. The number of hydrogen-bond donors (Lipinski definition) is 1. The summed E-state index contributed by atoms with van der Waals surface area (Å²) in [6.45, 7) is 0. The van der Waals surface area contributed by atoms with Crippen LogP contribution >= 0.6 is 11.6 Å². The van der Waals surface area contributed by atoms with Crippen molar-refractivity contribution >= 4 is 33.0 Å². The molecule has 0 aliphatic carbocycles. The lowest BCUT2D eigenvalue weighted by Crippen LogP contribution is -2.29. The molecule has 2 aromatic rings. The van der Waals surface area contributed by atoms with E-state index in [0.29, 0.717) is 5.69 Å². The molecule has 2 aromatic heterocycles. The highest BCUT2D eigenvalue weighted by atomic mass is 35.5. The second-order valence-electron chi connectivity index (χ2n) is 3.83. The molecule has 0 atom stereocenters. The van der Waals surface area contributed by atoms with E-state index in [2.05, 4.69) is 10.1 Å². The quantitative estimate of drug-likeness (QED) is 0.908. The van der Waals surface area contributed by atoms with E-state index in [4.69, 9.17) is 17.3 Å². The Kier molecular flexibility index (Phi) is 3.38. The molecule has 0 unspecified atom stereocenters. The van der Waals surface area contributed by atoms with Crippen LogP contribution in [0.4, 0.5) is 11.4 Å². The lowest BCUT2D eigenvalue weighted by Gasteiger charge is -2.20. The van der Waals surface area contributed by atoms with Crippen molar-refractivity contribution in [2.45, 2.75) is 5.03 Å². The van der Waals surface area contributed by atoms with Gasteiger partial charge >= 0.3 is 0 Å². The van der Waals surface area contributed by atoms with Crippen LogP contribution in [0.5, 0.6) is 0 Å². The topological polar surface area (TPSA) is 94.1 Å². The van der Waals surface area contributed by atoms with Gasteiger partial charge in [-0.1, -0.05) is 11.6 Å². The minimum absolute atomic E-state index is 0.0574. The Bertz CT molecular complexity index is 693. The number of sulfonamides is 1. The van der Waals surface area contributed by atoms with Crippen molar-refractivity contribution < 1.29 is 8.42 Å². The fourth-order valence-corrected chi connectivity index (χ4v) is 3.46. The fourth-order valence-electron chi connectivity index (χ4n) is 1.63. The molecular formula is C10H12ClN5O2S. The van der Waals surface area contributed by atoms with Crippen LogP contribution in [-0.4, -0.2) is 30.2 Å². The Morgan fingerprint density at radius 2 is 2.11 bits per heavy atom. The van der Waals surface area contributed by atoms with Crippen LogP contribution < -0.4 is 10.0 Å². The SMILES string of the molecule is CN(c1ccncc1N)S(=O)(=O)c1c(Cl)cnn1C. The molecule has 2 heterocycles. The molecule has 0 aliphatic heterocycles. The minimum Gasteiger partial charge on any atom is -0.396 e. The highest BCUT2D eigenvalue weighted by molar-refractivity contribution is 7.92. The molecule has 0 aromatic carbocycles. The predicted octanol–water partition coefficient (Wildman–Crippen LogP) is 0.876. The van der Waals surface area contributed by atoms with E-state index in [-0.39, 0.29) is 15.7 Å². The smallest absolute Gasteiger partial charge is 0.282 e. The first-order valence-corrected chi connectivity index (χ1v) is 7.03. The Hall–Kier alpha value is -1.80. The third-order valence-corrected chi connectivity index (χ3v) is 4.89. The summed E-state index contributed by atoms with van der Waals surface area (Å²) in [5.41, 5.74) is 6.31. The summed E-state index contributed by atoms with van der Waals surface area (Å²) in [4.78, 5) is 3.82. The molecule has 9 heteroatoms. The lowest BCUT2D eigenvalue weighted by atomic mass is 10.3.